The lowest BCUT2D eigenvalue weighted by molar-refractivity contribution is -0.156. The molecule has 9 heteroatoms. The Morgan fingerprint density at radius 3 is 2.69 bits per heavy atom. The Morgan fingerprint density at radius 2 is 2.00 bits per heavy atom. The van der Waals surface area contributed by atoms with Gasteiger partial charge in [-0.2, -0.15) is 4.31 Å². The summed E-state index contributed by atoms with van der Waals surface area (Å²) in [5.41, 5.74) is 0.337. The first-order valence-electron chi connectivity index (χ1n) is 8.65. The van der Waals surface area contributed by atoms with E-state index >= 15 is 0 Å². The topological polar surface area (TPSA) is 102 Å². The van der Waals surface area contributed by atoms with Gasteiger partial charge in [0.1, 0.15) is 0 Å². The molecule has 1 N–H and O–H groups in total. The molecule has 2 heterocycles. The first kappa shape index (κ1) is 18.8. The Hall–Kier alpha value is -1.97. The Morgan fingerprint density at radius 1 is 1.23 bits per heavy atom. The molecule has 0 aliphatic carbocycles. The molecule has 1 aromatic carbocycles. The highest BCUT2D eigenvalue weighted by Crippen LogP contribution is 2.23. The monoisotopic (exact) mass is 382 g/mol. The molecule has 1 atom stereocenters. The highest BCUT2D eigenvalue weighted by atomic mass is 32.2. The van der Waals surface area contributed by atoms with Gasteiger partial charge in [0.05, 0.1) is 4.90 Å². The van der Waals surface area contributed by atoms with Gasteiger partial charge in [0, 0.05) is 25.4 Å². The van der Waals surface area contributed by atoms with Crippen LogP contribution in [0.2, 0.25) is 0 Å². The summed E-state index contributed by atoms with van der Waals surface area (Å²) >= 11 is 0. The number of ether oxygens (including phenoxy) is 2. The molecule has 2 fully saturated rings. The number of amides is 1. The van der Waals surface area contributed by atoms with Crippen LogP contribution in [-0.4, -0.2) is 57.0 Å². The van der Waals surface area contributed by atoms with Gasteiger partial charge in [0.2, 0.25) is 10.0 Å². The van der Waals surface area contributed by atoms with Crippen molar-refractivity contribution in [2.75, 3.05) is 31.6 Å². The molecule has 0 bridgehead atoms. The van der Waals surface area contributed by atoms with Crippen molar-refractivity contribution in [1.29, 1.82) is 0 Å². The number of nitrogens with one attached hydrogen (secondary N) is 1. The van der Waals surface area contributed by atoms with Gasteiger partial charge < -0.3 is 14.8 Å². The van der Waals surface area contributed by atoms with Crippen LogP contribution in [0.15, 0.2) is 29.2 Å². The van der Waals surface area contributed by atoms with Gasteiger partial charge in [-0.15, -0.1) is 0 Å². The maximum Gasteiger partial charge on any atom is 0.335 e. The second-order valence-electron chi connectivity index (χ2n) is 6.30. The number of benzene rings is 1. The quantitative estimate of drug-likeness (QED) is 0.740. The Labute approximate surface area is 152 Å². The SMILES string of the molecule is O=C(COC(=O)[C@H]1CCCO1)Nc1cccc(S(=O)(=O)N2CCCC2)c1. The molecule has 2 aliphatic heterocycles. The van der Waals surface area contributed by atoms with Crippen LogP contribution in [0.25, 0.3) is 0 Å². The lowest BCUT2D eigenvalue weighted by atomic mass is 10.2. The van der Waals surface area contributed by atoms with E-state index in [2.05, 4.69) is 5.32 Å². The first-order chi connectivity index (χ1) is 12.5. The molecular weight excluding hydrogens is 360 g/mol. The third kappa shape index (κ3) is 4.40. The van der Waals surface area contributed by atoms with E-state index in [1.165, 1.54) is 16.4 Å². The molecule has 2 saturated heterocycles. The Balaban J connectivity index is 1.57. The number of hydrogen-bond donors (Lipinski definition) is 1. The smallest absolute Gasteiger partial charge is 0.335 e. The lowest BCUT2D eigenvalue weighted by Gasteiger charge is -2.16. The van der Waals surface area contributed by atoms with Crippen LogP contribution in [-0.2, 0) is 29.1 Å². The van der Waals surface area contributed by atoms with Crippen molar-refractivity contribution in [3.63, 3.8) is 0 Å². The average molecular weight is 382 g/mol. The summed E-state index contributed by atoms with van der Waals surface area (Å²) in [5.74, 6) is -1.09. The fourth-order valence-corrected chi connectivity index (χ4v) is 4.57. The fraction of sp³-hybridized carbons (Fsp3) is 0.529. The maximum absolute atomic E-state index is 12.6. The summed E-state index contributed by atoms with van der Waals surface area (Å²) in [6, 6.07) is 6.06. The van der Waals surface area contributed by atoms with Crippen molar-refractivity contribution < 1.29 is 27.5 Å². The molecule has 0 radical (unpaired) electrons. The lowest BCUT2D eigenvalue weighted by Crippen LogP contribution is -2.28. The highest BCUT2D eigenvalue weighted by molar-refractivity contribution is 7.89. The second-order valence-corrected chi connectivity index (χ2v) is 8.23. The predicted molar refractivity (Wildman–Crippen MR) is 93.0 cm³/mol. The van der Waals surface area contributed by atoms with Crippen molar-refractivity contribution >= 4 is 27.6 Å². The number of nitrogens with zero attached hydrogens (tertiary/aromatic N) is 1. The van der Waals surface area contributed by atoms with Gasteiger partial charge in [-0.1, -0.05) is 6.07 Å². The van der Waals surface area contributed by atoms with Crippen LogP contribution in [0.3, 0.4) is 0 Å². The van der Waals surface area contributed by atoms with Gasteiger partial charge in [0.15, 0.2) is 12.7 Å². The molecular formula is C17H22N2O6S. The van der Waals surface area contributed by atoms with E-state index in [1.807, 2.05) is 0 Å². The van der Waals surface area contributed by atoms with Crippen molar-refractivity contribution in [3.05, 3.63) is 24.3 Å². The summed E-state index contributed by atoms with van der Waals surface area (Å²) in [6.45, 7) is 1.10. The van der Waals surface area contributed by atoms with Gasteiger partial charge in [-0.05, 0) is 43.9 Å². The van der Waals surface area contributed by atoms with Crippen LogP contribution in [0.4, 0.5) is 5.69 Å². The maximum atomic E-state index is 12.6. The molecule has 8 nitrogen and oxygen atoms in total. The minimum atomic E-state index is -3.55. The zero-order valence-corrected chi connectivity index (χ0v) is 15.2. The minimum Gasteiger partial charge on any atom is -0.454 e. The van der Waals surface area contributed by atoms with Crippen LogP contribution >= 0.6 is 0 Å². The Kier molecular flexibility index (Phi) is 5.90. The standard InChI is InChI=1S/C17H22N2O6S/c20-16(12-25-17(21)15-7-4-10-24-15)18-13-5-3-6-14(11-13)26(22,23)19-8-1-2-9-19/h3,5-6,11,15H,1-2,4,7-10,12H2,(H,18,20)/t15-/m1/s1. The number of esters is 1. The van der Waals surface area contributed by atoms with Crippen molar-refractivity contribution in [1.82, 2.24) is 4.31 Å². The molecule has 142 valence electrons. The van der Waals surface area contributed by atoms with E-state index in [1.54, 1.807) is 12.1 Å². The average Bonchev–Trinajstić information content (AvgIpc) is 3.33. The molecule has 26 heavy (non-hydrogen) atoms. The largest absolute Gasteiger partial charge is 0.454 e. The fourth-order valence-electron chi connectivity index (χ4n) is 3.00. The minimum absolute atomic E-state index is 0.133. The van der Waals surface area contributed by atoms with E-state index in [0.717, 1.165) is 19.3 Å². The molecule has 3 rings (SSSR count). The first-order valence-corrected chi connectivity index (χ1v) is 10.1. The normalized spacial score (nSPS) is 20.8. The van der Waals surface area contributed by atoms with Gasteiger partial charge in [-0.3, -0.25) is 4.79 Å². The van der Waals surface area contributed by atoms with E-state index < -0.39 is 34.6 Å². The third-order valence-electron chi connectivity index (χ3n) is 4.36. The predicted octanol–water partition coefficient (Wildman–Crippen LogP) is 1.13. The zero-order chi connectivity index (χ0) is 18.6. The summed E-state index contributed by atoms with van der Waals surface area (Å²) in [4.78, 5) is 23.8. The van der Waals surface area contributed by atoms with Crippen LogP contribution in [0.1, 0.15) is 25.7 Å². The van der Waals surface area contributed by atoms with Crippen LogP contribution < -0.4 is 5.32 Å². The van der Waals surface area contributed by atoms with E-state index in [-0.39, 0.29) is 4.90 Å². The molecule has 0 aromatic heterocycles. The van der Waals surface area contributed by atoms with Crippen molar-refractivity contribution in [2.45, 2.75) is 36.7 Å². The Bertz CT molecular complexity index is 767. The van der Waals surface area contributed by atoms with Gasteiger partial charge in [-0.25, -0.2) is 13.2 Å². The highest BCUT2D eigenvalue weighted by Gasteiger charge is 2.28. The summed E-state index contributed by atoms with van der Waals surface area (Å²) in [7, 11) is -3.55. The van der Waals surface area contributed by atoms with Gasteiger partial charge in [0.25, 0.3) is 5.91 Å². The summed E-state index contributed by atoms with van der Waals surface area (Å²) in [5, 5.41) is 2.55. The van der Waals surface area contributed by atoms with E-state index in [9.17, 15) is 18.0 Å². The molecule has 0 spiro atoms. The number of rotatable bonds is 6. The number of carbonyl (C=O) groups excluding carboxylic acids is 2. The van der Waals surface area contributed by atoms with E-state index in [4.69, 9.17) is 9.47 Å². The number of hydrogen-bond acceptors (Lipinski definition) is 6. The number of anilines is 1. The summed E-state index contributed by atoms with van der Waals surface area (Å²) in [6.07, 6.45) is 2.50. The second kappa shape index (κ2) is 8.15. The van der Waals surface area contributed by atoms with Crippen LogP contribution in [0, 0.1) is 0 Å². The molecule has 2 aliphatic rings. The molecule has 1 amide bonds. The number of sulfonamides is 1. The summed E-state index contributed by atoms with van der Waals surface area (Å²) < 4.78 is 36.7. The number of carbonyl (C=O) groups is 2. The van der Waals surface area contributed by atoms with Crippen molar-refractivity contribution in [3.8, 4) is 0 Å². The zero-order valence-electron chi connectivity index (χ0n) is 14.3. The van der Waals surface area contributed by atoms with E-state index in [0.29, 0.717) is 31.8 Å². The van der Waals surface area contributed by atoms with Gasteiger partial charge >= 0.3 is 5.97 Å². The molecule has 0 unspecified atom stereocenters. The molecule has 0 saturated carbocycles. The van der Waals surface area contributed by atoms with Crippen LogP contribution in [0.5, 0.6) is 0 Å². The van der Waals surface area contributed by atoms with Crippen molar-refractivity contribution in [2.24, 2.45) is 0 Å². The third-order valence-corrected chi connectivity index (χ3v) is 6.25. The molecule has 1 aromatic rings.